The number of para-hydroxylation sites is 1. The molecule has 0 aliphatic rings. The predicted molar refractivity (Wildman–Crippen MR) is 62.3 cm³/mol. The maximum atomic E-state index is 5.83. The number of aromatic nitrogens is 4. The standard InChI is InChI=1S/C11H11N5O/c1-7(16-6-13-5-14-16)11-15-10-8(12)3-2-4-9(10)17-11/h2-7H,12H2,1H3. The summed E-state index contributed by atoms with van der Waals surface area (Å²) in [6, 6.07) is 5.38. The highest BCUT2D eigenvalue weighted by molar-refractivity contribution is 5.85. The number of hydrogen-bond donors (Lipinski definition) is 1. The van der Waals surface area contributed by atoms with E-state index < -0.39 is 0 Å². The second kappa shape index (κ2) is 3.58. The number of anilines is 1. The number of nitrogens with two attached hydrogens (primary N) is 1. The Balaban J connectivity index is 2.10. The van der Waals surface area contributed by atoms with Crippen LogP contribution in [-0.2, 0) is 0 Å². The molecule has 2 aromatic heterocycles. The van der Waals surface area contributed by atoms with Gasteiger partial charge in [-0.1, -0.05) is 6.07 Å². The van der Waals surface area contributed by atoms with Crippen LogP contribution in [0.4, 0.5) is 5.69 Å². The topological polar surface area (TPSA) is 82.8 Å². The molecule has 3 aromatic rings. The van der Waals surface area contributed by atoms with Crippen molar-refractivity contribution in [1.82, 2.24) is 19.7 Å². The van der Waals surface area contributed by atoms with E-state index in [2.05, 4.69) is 15.1 Å². The second-order valence-corrected chi connectivity index (χ2v) is 3.80. The first-order valence-electron chi connectivity index (χ1n) is 5.25. The highest BCUT2D eigenvalue weighted by Gasteiger charge is 2.16. The minimum Gasteiger partial charge on any atom is -0.438 e. The van der Waals surface area contributed by atoms with Crippen LogP contribution in [0.5, 0.6) is 0 Å². The van der Waals surface area contributed by atoms with Gasteiger partial charge in [-0.05, 0) is 19.1 Å². The zero-order chi connectivity index (χ0) is 11.8. The van der Waals surface area contributed by atoms with Crippen LogP contribution in [0.15, 0.2) is 35.3 Å². The summed E-state index contributed by atoms with van der Waals surface area (Å²) in [4.78, 5) is 8.29. The Morgan fingerprint density at radius 2 is 2.29 bits per heavy atom. The van der Waals surface area contributed by atoms with Gasteiger partial charge in [0.25, 0.3) is 0 Å². The minimum atomic E-state index is -0.107. The lowest BCUT2D eigenvalue weighted by Gasteiger charge is -2.05. The average molecular weight is 229 g/mol. The van der Waals surface area contributed by atoms with Crippen LogP contribution in [0.25, 0.3) is 11.1 Å². The third kappa shape index (κ3) is 1.54. The van der Waals surface area contributed by atoms with Crippen LogP contribution in [0.3, 0.4) is 0 Å². The molecule has 6 nitrogen and oxygen atoms in total. The maximum absolute atomic E-state index is 5.83. The number of hydrogen-bond acceptors (Lipinski definition) is 5. The summed E-state index contributed by atoms with van der Waals surface area (Å²) in [6.07, 6.45) is 3.11. The van der Waals surface area contributed by atoms with Gasteiger partial charge >= 0.3 is 0 Å². The molecule has 86 valence electrons. The number of benzene rings is 1. The Hall–Kier alpha value is -2.37. The van der Waals surface area contributed by atoms with Gasteiger partial charge < -0.3 is 10.2 Å². The Labute approximate surface area is 97.1 Å². The minimum absolute atomic E-state index is 0.107. The highest BCUT2D eigenvalue weighted by Crippen LogP contribution is 2.25. The first kappa shape index (κ1) is 9.83. The molecule has 0 radical (unpaired) electrons. The largest absolute Gasteiger partial charge is 0.438 e. The van der Waals surface area contributed by atoms with Crippen LogP contribution >= 0.6 is 0 Å². The van der Waals surface area contributed by atoms with E-state index in [-0.39, 0.29) is 6.04 Å². The molecule has 2 heterocycles. The summed E-state index contributed by atoms with van der Waals surface area (Å²) in [7, 11) is 0. The van der Waals surface area contributed by atoms with Crippen molar-refractivity contribution in [3.8, 4) is 0 Å². The number of nitrogen functional groups attached to an aromatic ring is 1. The van der Waals surface area contributed by atoms with Gasteiger partial charge in [0.2, 0.25) is 5.89 Å². The summed E-state index contributed by atoms with van der Waals surface area (Å²) < 4.78 is 7.34. The third-order valence-corrected chi connectivity index (χ3v) is 2.66. The zero-order valence-electron chi connectivity index (χ0n) is 9.24. The number of fused-ring (bicyclic) bond motifs is 1. The predicted octanol–water partition coefficient (Wildman–Crippen LogP) is 1.61. The van der Waals surface area contributed by atoms with Gasteiger partial charge in [0.15, 0.2) is 5.58 Å². The van der Waals surface area contributed by atoms with Gasteiger partial charge in [0.05, 0.1) is 5.69 Å². The summed E-state index contributed by atoms with van der Waals surface area (Å²) in [5.41, 5.74) is 7.82. The SMILES string of the molecule is CC(c1nc2c(N)cccc2o1)n1cncn1. The molecular weight excluding hydrogens is 218 g/mol. The van der Waals surface area contributed by atoms with Crippen molar-refractivity contribution in [2.75, 3.05) is 5.73 Å². The quantitative estimate of drug-likeness (QED) is 0.675. The summed E-state index contributed by atoms with van der Waals surface area (Å²) in [6.45, 7) is 1.94. The first-order chi connectivity index (χ1) is 8.25. The fraction of sp³-hybridized carbons (Fsp3) is 0.182. The van der Waals surface area contributed by atoms with Crippen molar-refractivity contribution >= 4 is 16.8 Å². The molecule has 0 amide bonds. The molecule has 3 rings (SSSR count). The van der Waals surface area contributed by atoms with Crippen LogP contribution in [-0.4, -0.2) is 19.7 Å². The molecule has 0 saturated carbocycles. The Kier molecular flexibility index (Phi) is 2.07. The molecular formula is C11H11N5O. The fourth-order valence-corrected chi connectivity index (χ4v) is 1.70. The van der Waals surface area contributed by atoms with E-state index in [0.717, 1.165) is 0 Å². The first-order valence-corrected chi connectivity index (χ1v) is 5.25. The summed E-state index contributed by atoms with van der Waals surface area (Å²) in [5.74, 6) is 0.573. The molecule has 0 bridgehead atoms. The van der Waals surface area contributed by atoms with Crippen LogP contribution < -0.4 is 5.73 Å². The van der Waals surface area contributed by atoms with E-state index in [4.69, 9.17) is 10.2 Å². The van der Waals surface area contributed by atoms with Gasteiger partial charge in [0, 0.05) is 0 Å². The number of oxazole rings is 1. The summed E-state index contributed by atoms with van der Waals surface area (Å²) in [5, 5.41) is 4.06. The fourth-order valence-electron chi connectivity index (χ4n) is 1.70. The maximum Gasteiger partial charge on any atom is 0.220 e. The molecule has 17 heavy (non-hydrogen) atoms. The average Bonchev–Trinajstić information content (AvgIpc) is 2.98. The lowest BCUT2D eigenvalue weighted by atomic mass is 10.3. The van der Waals surface area contributed by atoms with Crippen molar-refractivity contribution in [3.05, 3.63) is 36.7 Å². The highest BCUT2D eigenvalue weighted by atomic mass is 16.3. The molecule has 0 aliphatic heterocycles. The van der Waals surface area contributed by atoms with Crippen LogP contribution in [0, 0.1) is 0 Å². The number of rotatable bonds is 2. The molecule has 0 saturated heterocycles. The molecule has 2 N–H and O–H groups in total. The second-order valence-electron chi connectivity index (χ2n) is 3.80. The van der Waals surface area contributed by atoms with Crippen molar-refractivity contribution in [2.24, 2.45) is 0 Å². The van der Waals surface area contributed by atoms with Gasteiger partial charge in [-0.15, -0.1) is 0 Å². The molecule has 0 fully saturated rings. The molecule has 1 unspecified atom stereocenters. The van der Waals surface area contributed by atoms with Crippen LogP contribution in [0.2, 0.25) is 0 Å². The Bertz CT molecular complexity index is 643. The van der Waals surface area contributed by atoms with Crippen molar-refractivity contribution in [1.29, 1.82) is 0 Å². The molecule has 6 heteroatoms. The Morgan fingerprint density at radius 1 is 1.41 bits per heavy atom. The molecule has 1 atom stereocenters. The van der Waals surface area contributed by atoms with E-state index in [0.29, 0.717) is 22.7 Å². The molecule has 1 aromatic carbocycles. The third-order valence-electron chi connectivity index (χ3n) is 2.66. The van der Waals surface area contributed by atoms with E-state index in [1.165, 1.54) is 6.33 Å². The van der Waals surface area contributed by atoms with E-state index >= 15 is 0 Å². The zero-order valence-corrected chi connectivity index (χ0v) is 9.24. The number of nitrogens with zero attached hydrogens (tertiary/aromatic N) is 4. The molecule has 0 aliphatic carbocycles. The van der Waals surface area contributed by atoms with Gasteiger partial charge in [0.1, 0.15) is 24.2 Å². The lowest BCUT2D eigenvalue weighted by molar-refractivity contribution is 0.427. The lowest BCUT2D eigenvalue weighted by Crippen LogP contribution is -2.07. The van der Waals surface area contributed by atoms with Crippen LogP contribution in [0.1, 0.15) is 18.9 Å². The molecule has 0 spiro atoms. The summed E-state index contributed by atoms with van der Waals surface area (Å²) >= 11 is 0. The monoisotopic (exact) mass is 229 g/mol. The van der Waals surface area contributed by atoms with Gasteiger partial charge in [-0.3, -0.25) is 0 Å². The smallest absolute Gasteiger partial charge is 0.220 e. The van der Waals surface area contributed by atoms with Crippen molar-refractivity contribution in [3.63, 3.8) is 0 Å². The van der Waals surface area contributed by atoms with Gasteiger partial charge in [-0.2, -0.15) is 5.10 Å². The Morgan fingerprint density at radius 3 is 3.00 bits per heavy atom. The van der Waals surface area contributed by atoms with E-state index in [9.17, 15) is 0 Å². The van der Waals surface area contributed by atoms with E-state index in [1.807, 2.05) is 19.1 Å². The van der Waals surface area contributed by atoms with E-state index in [1.54, 1.807) is 17.1 Å². The van der Waals surface area contributed by atoms with Gasteiger partial charge in [-0.25, -0.2) is 14.6 Å². The van der Waals surface area contributed by atoms with Crippen molar-refractivity contribution in [2.45, 2.75) is 13.0 Å². The van der Waals surface area contributed by atoms with Crippen molar-refractivity contribution < 1.29 is 4.42 Å². The normalized spacial score (nSPS) is 13.0.